The number of carboxylic acid groups (broad SMARTS) is 1. The van der Waals surface area contributed by atoms with Gasteiger partial charge in [0.1, 0.15) is 6.33 Å². The molecule has 1 aromatic carbocycles. The summed E-state index contributed by atoms with van der Waals surface area (Å²) < 4.78 is 27.7. The average Bonchev–Trinajstić information content (AvgIpc) is 2.98. The molecule has 0 fully saturated rings. The van der Waals surface area contributed by atoms with Crippen LogP contribution < -0.4 is 4.72 Å². The molecule has 0 aliphatic rings. The van der Waals surface area contributed by atoms with Gasteiger partial charge in [0.25, 0.3) is 0 Å². The maximum Gasteiger partial charge on any atom is 0.303 e. The van der Waals surface area contributed by atoms with Crippen LogP contribution in [0.15, 0.2) is 35.5 Å². The molecule has 9 nitrogen and oxygen atoms in total. The van der Waals surface area contributed by atoms with Crippen LogP contribution >= 0.6 is 0 Å². The maximum absolute atomic E-state index is 12.0. The quantitative estimate of drug-likeness (QED) is 0.678. The van der Waals surface area contributed by atoms with Crippen molar-refractivity contribution in [2.75, 3.05) is 6.54 Å². The number of tetrazole rings is 1. The fourth-order valence-electron chi connectivity index (χ4n) is 1.59. The summed E-state index contributed by atoms with van der Waals surface area (Å²) in [6.45, 7) is 0.0728. The van der Waals surface area contributed by atoms with Crippen LogP contribution in [0.2, 0.25) is 0 Å². The molecule has 0 saturated heterocycles. The summed E-state index contributed by atoms with van der Waals surface area (Å²) in [5.74, 6) is -0.958. The zero-order valence-corrected chi connectivity index (χ0v) is 11.7. The first-order valence-corrected chi connectivity index (χ1v) is 7.52. The molecule has 10 heteroatoms. The van der Waals surface area contributed by atoms with E-state index in [0.29, 0.717) is 5.69 Å². The van der Waals surface area contributed by atoms with Gasteiger partial charge in [-0.15, -0.1) is 5.10 Å². The first-order chi connectivity index (χ1) is 9.99. The smallest absolute Gasteiger partial charge is 0.303 e. The summed E-state index contributed by atoms with van der Waals surface area (Å²) in [5.41, 5.74) is 0.629. The highest BCUT2D eigenvalue weighted by atomic mass is 32.2. The van der Waals surface area contributed by atoms with Crippen molar-refractivity contribution < 1.29 is 18.3 Å². The van der Waals surface area contributed by atoms with Crippen LogP contribution in [0.5, 0.6) is 0 Å². The van der Waals surface area contributed by atoms with Gasteiger partial charge in [0.05, 0.1) is 10.6 Å². The van der Waals surface area contributed by atoms with Crippen molar-refractivity contribution >= 4 is 16.0 Å². The molecule has 0 saturated carbocycles. The van der Waals surface area contributed by atoms with Gasteiger partial charge < -0.3 is 5.11 Å². The standard InChI is InChI=1S/C11H13N5O4S/c17-11(18)2-1-7-13-21(19,20)10-5-3-9(4-6-10)16-8-12-14-15-16/h3-6,8,13H,1-2,7H2,(H,17,18). The molecule has 0 unspecified atom stereocenters. The number of nitrogens with zero attached hydrogens (tertiary/aromatic N) is 4. The fourth-order valence-corrected chi connectivity index (χ4v) is 2.66. The van der Waals surface area contributed by atoms with Crippen LogP contribution in [-0.2, 0) is 14.8 Å². The van der Waals surface area contributed by atoms with Crippen LogP contribution in [0.4, 0.5) is 0 Å². The highest BCUT2D eigenvalue weighted by molar-refractivity contribution is 7.89. The lowest BCUT2D eigenvalue weighted by Crippen LogP contribution is -2.25. The third-order valence-corrected chi connectivity index (χ3v) is 4.10. The number of nitrogens with one attached hydrogen (secondary N) is 1. The predicted molar refractivity (Wildman–Crippen MR) is 71.2 cm³/mol. The van der Waals surface area contributed by atoms with Crippen LogP contribution in [0.25, 0.3) is 5.69 Å². The van der Waals surface area contributed by atoms with E-state index < -0.39 is 16.0 Å². The molecule has 21 heavy (non-hydrogen) atoms. The SMILES string of the molecule is O=C(O)CCCNS(=O)(=O)c1ccc(-n2cnnn2)cc1. The van der Waals surface area contributed by atoms with Crippen molar-refractivity contribution in [2.24, 2.45) is 0 Å². The molecule has 0 amide bonds. The van der Waals surface area contributed by atoms with Crippen molar-refractivity contribution in [3.63, 3.8) is 0 Å². The summed E-state index contributed by atoms with van der Waals surface area (Å²) in [7, 11) is -3.65. The largest absolute Gasteiger partial charge is 0.481 e. The van der Waals surface area contributed by atoms with E-state index in [-0.39, 0.29) is 24.3 Å². The van der Waals surface area contributed by atoms with Gasteiger partial charge in [-0.3, -0.25) is 4.79 Å². The van der Waals surface area contributed by atoms with Gasteiger partial charge in [-0.25, -0.2) is 17.8 Å². The van der Waals surface area contributed by atoms with E-state index in [2.05, 4.69) is 20.2 Å². The molecule has 0 radical (unpaired) electrons. The minimum Gasteiger partial charge on any atom is -0.481 e. The third-order valence-electron chi connectivity index (χ3n) is 2.62. The van der Waals surface area contributed by atoms with E-state index >= 15 is 0 Å². The van der Waals surface area contributed by atoms with Crippen LogP contribution in [0.3, 0.4) is 0 Å². The molecular formula is C11H13N5O4S. The van der Waals surface area contributed by atoms with E-state index in [1.165, 1.54) is 23.1 Å². The molecule has 0 aliphatic heterocycles. The number of carbonyl (C=O) groups is 1. The second kappa shape index (κ2) is 6.41. The van der Waals surface area contributed by atoms with Crippen molar-refractivity contribution in [3.05, 3.63) is 30.6 Å². The Morgan fingerprint density at radius 3 is 2.57 bits per heavy atom. The van der Waals surface area contributed by atoms with Gasteiger partial charge in [0.15, 0.2) is 0 Å². The molecule has 1 heterocycles. The van der Waals surface area contributed by atoms with E-state index in [1.54, 1.807) is 12.1 Å². The third kappa shape index (κ3) is 4.07. The lowest BCUT2D eigenvalue weighted by Gasteiger charge is -2.07. The Hall–Kier alpha value is -2.33. The number of rotatable bonds is 7. The first-order valence-electron chi connectivity index (χ1n) is 6.04. The molecule has 2 rings (SSSR count). The Balaban J connectivity index is 2.02. The van der Waals surface area contributed by atoms with Gasteiger partial charge in [-0.2, -0.15) is 0 Å². The minimum atomic E-state index is -3.65. The number of aliphatic carboxylic acids is 1. The predicted octanol–water partition coefficient (Wildman–Crippen LogP) is -0.195. The molecule has 0 spiro atoms. The Kier molecular flexibility index (Phi) is 4.60. The van der Waals surface area contributed by atoms with Crippen LogP contribution in [-0.4, -0.2) is 46.2 Å². The van der Waals surface area contributed by atoms with E-state index in [0.717, 1.165) is 0 Å². The Bertz CT molecular complexity index is 697. The molecule has 112 valence electrons. The zero-order valence-electron chi connectivity index (χ0n) is 10.9. The number of hydrogen-bond donors (Lipinski definition) is 2. The average molecular weight is 311 g/mol. The van der Waals surface area contributed by atoms with Gasteiger partial charge in [-0.05, 0) is 41.1 Å². The second-order valence-electron chi connectivity index (χ2n) is 4.14. The van der Waals surface area contributed by atoms with Crippen LogP contribution in [0, 0.1) is 0 Å². The molecule has 1 aromatic heterocycles. The highest BCUT2D eigenvalue weighted by Gasteiger charge is 2.13. The first kappa shape index (κ1) is 15.1. The molecule has 2 N–H and O–H groups in total. The monoisotopic (exact) mass is 311 g/mol. The van der Waals surface area contributed by atoms with Gasteiger partial charge >= 0.3 is 5.97 Å². The normalized spacial score (nSPS) is 11.4. The molecule has 0 atom stereocenters. The zero-order chi connectivity index (χ0) is 15.3. The fraction of sp³-hybridized carbons (Fsp3) is 0.273. The topological polar surface area (TPSA) is 127 Å². The molecule has 0 aliphatic carbocycles. The highest BCUT2D eigenvalue weighted by Crippen LogP contribution is 2.12. The van der Waals surface area contributed by atoms with Crippen molar-refractivity contribution in [3.8, 4) is 5.69 Å². The van der Waals surface area contributed by atoms with Gasteiger partial charge in [0.2, 0.25) is 10.0 Å². The summed E-state index contributed by atoms with van der Waals surface area (Å²) in [5, 5.41) is 19.2. The maximum atomic E-state index is 12.0. The lowest BCUT2D eigenvalue weighted by molar-refractivity contribution is -0.137. The van der Waals surface area contributed by atoms with E-state index in [4.69, 9.17) is 5.11 Å². The number of aromatic nitrogens is 4. The van der Waals surface area contributed by atoms with Gasteiger partial charge in [0, 0.05) is 13.0 Å². The van der Waals surface area contributed by atoms with Crippen molar-refractivity contribution in [1.82, 2.24) is 24.9 Å². The minimum absolute atomic E-state index is 0.0728. The number of sulfonamides is 1. The van der Waals surface area contributed by atoms with Crippen molar-refractivity contribution in [2.45, 2.75) is 17.7 Å². The van der Waals surface area contributed by atoms with Crippen LogP contribution in [0.1, 0.15) is 12.8 Å². The summed E-state index contributed by atoms with van der Waals surface area (Å²) in [6.07, 6.45) is 1.55. The summed E-state index contributed by atoms with van der Waals surface area (Å²) in [4.78, 5) is 10.4. The summed E-state index contributed by atoms with van der Waals surface area (Å²) in [6, 6.07) is 6.00. The Morgan fingerprint density at radius 2 is 2.00 bits per heavy atom. The number of hydrogen-bond acceptors (Lipinski definition) is 6. The number of carboxylic acids is 1. The van der Waals surface area contributed by atoms with E-state index in [1.807, 2.05) is 0 Å². The molecular weight excluding hydrogens is 298 g/mol. The second-order valence-corrected chi connectivity index (χ2v) is 5.91. The summed E-state index contributed by atoms with van der Waals surface area (Å²) >= 11 is 0. The Labute approximate surface area is 120 Å². The Morgan fingerprint density at radius 1 is 1.29 bits per heavy atom. The lowest BCUT2D eigenvalue weighted by atomic mass is 10.3. The van der Waals surface area contributed by atoms with Gasteiger partial charge in [-0.1, -0.05) is 0 Å². The molecule has 2 aromatic rings. The van der Waals surface area contributed by atoms with Crippen molar-refractivity contribution in [1.29, 1.82) is 0 Å². The molecule has 0 bridgehead atoms. The van der Waals surface area contributed by atoms with E-state index in [9.17, 15) is 13.2 Å². The number of benzene rings is 1.